The van der Waals surface area contributed by atoms with Gasteiger partial charge in [0.25, 0.3) is 5.56 Å². The lowest BCUT2D eigenvalue weighted by Crippen LogP contribution is -2.24. The van der Waals surface area contributed by atoms with Crippen LogP contribution in [0.25, 0.3) is 11.2 Å². The fourth-order valence-electron chi connectivity index (χ4n) is 2.26. The zero-order valence-corrected chi connectivity index (χ0v) is 11.5. The second-order valence-electron chi connectivity index (χ2n) is 4.51. The maximum Gasteiger partial charge on any atom is 0.279 e. The summed E-state index contributed by atoms with van der Waals surface area (Å²) in [7, 11) is 0. The molecule has 0 aromatic carbocycles. The van der Waals surface area contributed by atoms with Crippen molar-refractivity contribution in [2.45, 2.75) is 30.0 Å². The molecule has 8 nitrogen and oxygen atoms in total. The van der Waals surface area contributed by atoms with E-state index in [-0.39, 0.29) is 17.7 Å². The predicted octanol–water partition coefficient (Wildman–Crippen LogP) is -0.518. The van der Waals surface area contributed by atoms with Gasteiger partial charge in [0.1, 0.15) is 12.3 Å². The van der Waals surface area contributed by atoms with Gasteiger partial charge in [-0.1, -0.05) is 11.8 Å². The number of nitrogens with zero attached hydrogens (tertiary/aromatic N) is 3. The van der Waals surface area contributed by atoms with Gasteiger partial charge in [0.2, 0.25) is 0 Å². The van der Waals surface area contributed by atoms with Crippen LogP contribution in [0.3, 0.4) is 0 Å². The summed E-state index contributed by atoms with van der Waals surface area (Å²) in [5.41, 5.74) is 0.331. The number of fused-ring (bicyclic) bond motifs is 1. The van der Waals surface area contributed by atoms with Crippen LogP contribution in [0.1, 0.15) is 12.6 Å². The molecule has 3 atom stereocenters. The molecule has 0 amide bonds. The number of hydrogen-bond donors (Lipinski definition) is 3. The monoisotopic (exact) mass is 300 g/mol. The van der Waals surface area contributed by atoms with Gasteiger partial charge in [-0.2, -0.15) is 0 Å². The van der Waals surface area contributed by atoms with Gasteiger partial charge in [-0.25, -0.2) is 9.97 Å². The van der Waals surface area contributed by atoms with Crippen LogP contribution in [0.2, 0.25) is 0 Å². The van der Waals surface area contributed by atoms with Crippen molar-refractivity contribution < 1.29 is 14.9 Å². The van der Waals surface area contributed by atoms with Crippen LogP contribution < -0.4 is 5.56 Å². The Bertz CT molecular complexity index is 685. The van der Waals surface area contributed by atoms with Crippen molar-refractivity contribution in [1.82, 2.24) is 19.5 Å². The smallest absolute Gasteiger partial charge is 0.279 e. The first-order chi connectivity index (χ1) is 9.63. The molecule has 108 valence electrons. The Kier molecular flexibility index (Phi) is 3.50. The Morgan fingerprint density at radius 1 is 1.65 bits per heavy atom. The Labute approximate surface area is 117 Å². The van der Waals surface area contributed by atoms with E-state index in [9.17, 15) is 9.90 Å². The quantitative estimate of drug-likeness (QED) is 0.516. The van der Waals surface area contributed by atoms with Gasteiger partial charge in [-0.15, -0.1) is 0 Å². The third-order valence-corrected chi connectivity index (χ3v) is 3.88. The Morgan fingerprint density at radius 2 is 2.45 bits per heavy atom. The van der Waals surface area contributed by atoms with Gasteiger partial charge in [-0.05, 0) is 6.26 Å². The van der Waals surface area contributed by atoms with E-state index in [0.717, 1.165) is 0 Å². The highest BCUT2D eigenvalue weighted by Crippen LogP contribution is 2.30. The van der Waals surface area contributed by atoms with Gasteiger partial charge >= 0.3 is 0 Å². The largest absolute Gasteiger partial charge is 0.394 e. The SMILES string of the molecule is CSc1[15n]c2c(ncn2[C@H]2C[C@H](O)[C@@H](CO)O2)c(=O)[15nH]1. The van der Waals surface area contributed by atoms with Crippen molar-refractivity contribution >= 4 is 22.9 Å². The summed E-state index contributed by atoms with van der Waals surface area (Å²) in [6.07, 6.45) is 1.73. The van der Waals surface area contributed by atoms with Gasteiger partial charge in [-0.3, -0.25) is 14.3 Å². The first kappa shape index (κ1) is 13.6. The first-order valence-corrected chi connectivity index (χ1v) is 7.31. The molecule has 1 saturated heterocycles. The zero-order chi connectivity index (χ0) is 14.3. The summed E-state index contributed by atoms with van der Waals surface area (Å²) in [5.74, 6) is 0. The van der Waals surface area contributed by atoms with Crippen LogP contribution in [-0.4, -0.2) is 54.8 Å². The zero-order valence-electron chi connectivity index (χ0n) is 10.7. The van der Waals surface area contributed by atoms with Crippen molar-refractivity contribution in [3.63, 3.8) is 0 Å². The third-order valence-electron chi connectivity index (χ3n) is 3.30. The van der Waals surface area contributed by atoms with Crippen molar-refractivity contribution in [3.8, 4) is 0 Å². The van der Waals surface area contributed by atoms with E-state index in [2.05, 4.69) is 15.0 Å². The minimum absolute atomic E-state index is 0.230. The average Bonchev–Trinajstić information content (AvgIpc) is 3.01. The molecular weight excluding hydrogens is 286 g/mol. The summed E-state index contributed by atoms with van der Waals surface area (Å²) < 4.78 is 7.17. The van der Waals surface area contributed by atoms with Crippen LogP contribution in [-0.2, 0) is 4.74 Å². The van der Waals surface area contributed by atoms with Gasteiger partial charge in [0, 0.05) is 6.42 Å². The number of aromatic nitrogens is 4. The fourth-order valence-corrected chi connectivity index (χ4v) is 2.64. The molecule has 0 spiro atoms. The lowest BCUT2D eigenvalue weighted by atomic mass is 10.2. The maximum absolute atomic E-state index is 11.9. The Morgan fingerprint density at radius 3 is 3.10 bits per heavy atom. The lowest BCUT2D eigenvalue weighted by Gasteiger charge is -2.13. The maximum atomic E-state index is 11.9. The minimum atomic E-state index is -0.746. The number of imidazole rings is 1. The molecule has 1 fully saturated rings. The number of H-pyrrole nitrogens is 1. The molecular formula is C11H14N4O4S. The standard InChI is InChI=1S/C11H14N4O4S/c1-20-11-13-9-8(10(18)14-11)12-4-15(9)7-2-5(17)6(3-16)19-7/h4-7,16-17H,2-3H2,1H3,(H,13,14,18)/t5-,6+,7+/m0/s1/i13+1,14+1. The molecule has 2 aromatic rings. The van der Waals surface area contributed by atoms with Crippen LogP contribution in [0.4, 0.5) is 0 Å². The van der Waals surface area contributed by atoms with Gasteiger partial charge in [0.05, 0.1) is 19.0 Å². The van der Waals surface area contributed by atoms with Crippen molar-refractivity contribution in [3.05, 3.63) is 16.7 Å². The number of aliphatic hydroxyl groups is 2. The third kappa shape index (κ3) is 2.12. The summed E-state index contributed by atoms with van der Waals surface area (Å²) in [6, 6.07) is 0. The van der Waals surface area contributed by atoms with E-state index in [0.29, 0.717) is 17.2 Å². The topological polar surface area (TPSA) is 113 Å². The number of ether oxygens (including phenoxy) is 1. The first-order valence-electron chi connectivity index (χ1n) is 6.09. The van der Waals surface area contributed by atoms with E-state index >= 15 is 0 Å². The normalized spacial score (nSPS) is 26.4. The Hall–Kier alpha value is -1.42. The van der Waals surface area contributed by atoms with Crippen molar-refractivity contribution in [1.29, 1.82) is 0 Å². The van der Waals surface area contributed by atoms with E-state index in [4.69, 9.17) is 9.84 Å². The molecule has 1 aliphatic heterocycles. The second kappa shape index (κ2) is 5.17. The number of aliphatic hydroxyl groups excluding tert-OH is 2. The molecule has 0 bridgehead atoms. The van der Waals surface area contributed by atoms with Crippen LogP contribution in [0.5, 0.6) is 0 Å². The molecule has 0 radical (unpaired) electrons. The van der Waals surface area contributed by atoms with Crippen LogP contribution >= 0.6 is 11.8 Å². The van der Waals surface area contributed by atoms with E-state index in [1.807, 2.05) is 6.26 Å². The number of hydrogen-bond acceptors (Lipinski definition) is 7. The predicted molar refractivity (Wildman–Crippen MR) is 71.5 cm³/mol. The molecule has 0 saturated carbocycles. The molecule has 2 aromatic heterocycles. The molecule has 3 rings (SSSR count). The lowest BCUT2D eigenvalue weighted by molar-refractivity contribution is -0.0432. The molecule has 3 N–H and O–H groups in total. The van der Waals surface area contributed by atoms with E-state index in [1.54, 1.807) is 4.57 Å². The second-order valence-corrected chi connectivity index (χ2v) is 5.31. The molecule has 0 aliphatic carbocycles. The van der Waals surface area contributed by atoms with E-state index < -0.39 is 18.4 Å². The number of aromatic amines is 1. The summed E-state index contributed by atoms with van der Waals surface area (Å²) >= 11 is 1.32. The van der Waals surface area contributed by atoms with Crippen LogP contribution in [0, 0.1) is 0 Å². The van der Waals surface area contributed by atoms with Gasteiger partial charge < -0.3 is 14.9 Å². The molecule has 0 unspecified atom stereocenters. The van der Waals surface area contributed by atoms with Crippen molar-refractivity contribution in [2.75, 3.05) is 12.9 Å². The van der Waals surface area contributed by atoms with E-state index in [1.165, 1.54) is 18.1 Å². The summed E-state index contributed by atoms with van der Waals surface area (Å²) in [6.45, 7) is -0.256. The van der Waals surface area contributed by atoms with Gasteiger partial charge in [0.15, 0.2) is 16.3 Å². The minimum Gasteiger partial charge on any atom is -0.394 e. The number of nitrogens with one attached hydrogen (secondary N) is 1. The highest BCUT2D eigenvalue weighted by molar-refractivity contribution is 7.98. The van der Waals surface area contributed by atoms with Crippen LogP contribution in [0.15, 0.2) is 16.3 Å². The Balaban J connectivity index is 2.05. The summed E-state index contributed by atoms with van der Waals surface area (Å²) in [4.78, 5) is 22.8. The molecule has 1 aliphatic rings. The average molecular weight is 300 g/mol. The highest BCUT2D eigenvalue weighted by atomic mass is 32.2. The molecule has 20 heavy (non-hydrogen) atoms. The number of rotatable bonds is 3. The highest BCUT2D eigenvalue weighted by Gasteiger charge is 2.35. The molecule has 9 heteroatoms. The fraction of sp³-hybridized carbons (Fsp3) is 0.545. The molecule has 3 heterocycles. The summed E-state index contributed by atoms with van der Waals surface area (Å²) in [5, 5.41) is 19.4. The number of thioether (sulfide) groups is 1. The van der Waals surface area contributed by atoms with Crippen molar-refractivity contribution in [2.24, 2.45) is 0 Å².